The highest BCUT2D eigenvalue weighted by Crippen LogP contribution is 2.30. The van der Waals surface area contributed by atoms with Crippen LogP contribution in [-0.4, -0.2) is 118 Å². The summed E-state index contributed by atoms with van der Waals surface area (Å²) in [5.41, 5.74) is -0.676. The molecule has 244 valence electrons. The standard InChI is InChI=1S/C29H44O14/c1-29(2,3)28(32)39-14-23(41-16-34-5)26(43-18-36-7)25(42-17-35-6)21(30)11-10-19-12-20(37-8)13-22(40-15-33-4)24(19)27(31)38-9/h12-13,21,23,25-26,30H,14-18H2,1-9H3/t21?,23-,25+,26-/m1/s1. The molecule has 0 heterocycles. The van der Waals surface area contributed by atoms with E-state index in [-0.39, 0.29) is 50.7 Å². The van der Waals surface area contributed by atoms with E-state index < -0.39 is 41.8 Å². The van der Waals surface area contributed by atoms with Crippen molar-refractivity contribution >= 4 is 11.9 Å². The number of carbonyl (C=O) groups is 2. The van der Waals surface area contributed by atoms with E-state index in [1.807, 2.05) is 0 Å². The molecule has 0 bridgehead atoms. The Labute approximate surface area is 252 Å². The lowest BCUT2D eigenvalue weighted by molar-refractivity contribution is -0.228. The summed E-state index contributed by atoms with van der Waals surface area (Å²) in [6, 6.07) is 2.95. The maximum absolute atomic E-state index is 12.7. The number of aliphatic hydroxyl groups excluding tert-OH is 1. The number of benzene rings is 1. The Hall–Kier alpha value is -3.00. The third-order valence-corrected chi connectivity index (χ3v) is 5.54. The summed E-state index contributed by atoms with van der Waals surface area (Å²) in [5, 5.41) is 11.3. The molecule has 1 unspecified atom stereocenters. The summed E-state index contributed by atoms with van der Waals surface area (Å²) in [7, 11) is 8.27. The molecule has 0 radical (unpaired) electrons. The number of carbonyl (C=O) groups excluding carboxylic acids is 2. The molecule has 0 spiro atoms. The summed E-state index contributed by atoms with van der Waals surface area (Å²) < 4.78 is 58.8. The molecule has 14 nitrogen and oxygen atoms in total. The van der Waals surface area contributed by atoms with Crippen LogP contribution in [0.5, 0.6) is 11.5 Å². The van der Waals surface area contributed by atoms with Crippen molar-refractivity contribution in [1.82, 2.24) is 0 Å². The van der Waals surface area contributed by atoms with Crippen LogP contribution in [0.15, 0.2) is 12.1 Å². The van der Waals surface area contributed by atoms with Crippen molar-refractivity contribution < 1.29 is 66.8 Å². The zero-order valence-electron chi connectivity index (χ0n) is 26.3. The summed E-state index contributed by atoms with van der Waals surface area (Å²) in [6.07, 6.45) is -4.93. The first-order valence-electron chi connectivity index (χ1n) is 13.1. The van der Waals surface area contributed by atoms with Gasteiger partial charge in [0.1, 0.15) is 68.5 Å². The van der Waals surface area contributed by atoms with Crippen LogP contribution in [0.4, 0.5) is 0 Å². The van der Waals surface area contributed by atoms with E-state index in [9.17, 15) is 14.7 Å². The van der Waals surface area contributed by atoms with Gasteiger partial charge < -0.3 is 57.2 Å². The Kier molecular flexibility index (Phi) is 17.7. The molecule has 14 heteroatoms. The van der Waals surface area contributed by atoms with Gasteiger partial charge in [0, 0.05) is 40.1 Å². The minimum absolute atomic E-state index is 0.0167. The Bertz CT molecular complexity index is 1040. The van der Waals surface area contributed by atoms with Gasteiger partial charge in [-0.25, -0.2) is 4.79 Å². The van der Waals surface area contributed by atoms with Crippen LogP contribution < -0.4 is 9.47 Å². The maximum Gasteiger partial charge on any atom is 0.342 e. The van der Waals surface area contributed by atoms with Gasteiger partial charge in [-0.2, -0.15) is 0 Å². The maximum atomic E-state index is 12.7. The molecule has 0 amide bonds. The monoisotopic (exact) mass is 616 g/mol. The van der Waals surface area contributed by atoms with Crippen molar-refractivity contribution in [3.63, 3.8) is 0 Å². The van der Waals surface area contributed by atoms with E-state index in [1.165, 1.54) is 54.8 Å². The van der Waals surface area contributed by atoms with Gasteiger partial charge in [0.25, 0.3) is 0 Å². The first-order chi connectivity index (χ1) is 20.5. The fourth-order valence-corrected chi connectivity index (χ4v) is 3.43. The van der Waals surface area contributed by atoms with Crippen LogP contribution in [0.1, 0.15) is 36.7 Å². The van der Waals surface area contributed by atoms with Crippen molar-refractivity contribution in [2.75, 3.05) is 76.4 Å². The number of hydrogen-bond acceptors (Lipinski definition) is 14. The Morgan fingerprint density at radius 2 is 1.42 bits per heavy atom. The van der Waals surface area contributed by atoms with Gasteiger partial charge >= 0.3 is 11.9 Å². The van der Waals surface area contributed by atoms with Crippen molar-refractivity contribution in [2.24, 2.45) is 5.41 Å². The van der Waals surface area contributed by atoms with Gasteiger partial charge in [0.15, 0.2) is 6.79 Å². The highest BCUT2D eigenvalue weighted by Gasteiger charge is 2.38. The molecule has 0 fully saturated rings. The molecule has 4 atom stereocenters. The minimum Gasteiger partial charge on any atom is -0.497 e. The molecule has 0 aliphatic carbocycles. The van der Waals surface area contributed by atoms with E-state index in [1.54, 1.807) is 20.8 Å². The lowest BCUT2D eigenvalue weighted by Gasteiger charge is -2.34. The van der Waals surface area contributed by atoms with Gasteiger partial charge in [-0.3, -0.25) is 4.79 Å². The zero-order chi connectivity index (χ0) is 32.4. The molecular formula is C29H44O14. The smallest absolute Gasteiger partial charge is 0.342 e. The van der Waals surface area contributed by atoms with Crippen LogP contribution in [0.3, 0.4) is 0 Å². The van der Waals surface area contributed by atoms with Gasteiger partial charge in [0.05, 0.1) is 19.6 Å². The lowest BCUT2D eigenvalue weighted by Crippen LogP contribution is -2.51. The van der Waals surface area contributed by atoms with Gasteiger partial charge in [0.2, 0.25) is 0 Å². The van der Waals surface area contributed by atoms with Crippen LogP contribution in [0.25, 0.3) is 0 Å². The number of rotatable bonds is 19. The molecule has 1 rings (SSSR count). The first-order valence-corrected chi connectivity index (χ1v) is 13.1. The molecule has 1 N–H and O–H groups in total. The van der Waals surface area contributed by atoms with Crippen molar-refractivity contribution in [3.8, 4) is 23.3 Å². The topological polar surface area (TPSA) is 156 Å². The van der Waals surface area contributed by atoms with Crippen molar-refractivity contribution in [3.05, 3.63) is 23.3 Å². The molecular weight excluding hydrogens is 572 g/mol. The summed E-state index contributed by atoms with van der Waals surface area (Å²) >= 11 is 0. The largest absolute Gasteiger partial charge is 0.497 e. The first kappa shape index (κ1) is 38.0. The highest BCUT2D eigenvalue weighted by molar-refractivity contribution is 5.95. The number of hydrogen-bond donors (Lipinski definition) is 1. The van der Waals surface area contributed by atoms with E-state index in [4.69, 9.17) is 52.1 Å². The molecule has 0 aliphatic rings. The van der Waals surface area contributed by atoms with E-state index in [2.05, 4.69) is 11.8 Å². The lowest BCUT2D eigenvalue weighted by atomic mass is 9.97. The molecule has 0 saturated carbocycles. The second kappa shape index (κ2) is 20.0. The van der Waals surface area contributed by atoms with E-state index >= 15 is 0 Å². The normalized spacial score (nSPS) is 14.1. The van der Waals surface area contributed by atoms with Crippen LogP contribution >= 0.6 is 0 Å². The summed E-state index contributed by atoms with van der Waals surface area (Å²) in [4.78, 5) is 25.2. The number of methoxy groups -OCH3 is 6. The predicted molar refractivity (Wildman–Crippen MR) is 150 cm³/mol. The fraction of sp³-hybridized carbons (Fsp3) is 0.655. The fourth-order valence-electron chi connectivity index (χ4n) is 3.43. The second-order valence-corrected chi connectivity index (χ2v) is 9.84. The molecule has 1 aromatic carbocycles. The molecule has 0 aliphatic heterocycles. The average molecular weight is 617 g/mol. The van der Waals surface area contributed by atoms with Gasteiger partial charge in [-0.05, 0) is 26.8 Å². The Morgan fingerprint density at radius 3 is 1.95 bits per heavy atom. The Balaban J connectivity index is 3.60. The molecule has 43 heavy (non-hydrogen) atoms. The van der Waals surface area contributed by atoms with Crippen LogP contribution in [-0.2, 0) is 47.4 Å². The third kappa shape index (κ3) is 12.6. The second-order valence-electron chi connectivity index (χ2n) is 9.84. The highest BCUT2D eigenvalue weighted by atomic mass is 16.7. The molecule has 0 aromatic heterocycles. The molecule has 1 aromatic rings. The summed E-state index contributed by atoms with van der Waals surface area (Å²) in [5.74, 6) is 4.64. The van der Waals surface area contributed by atoms with Gasteiger partial charge in [-0.1, -0.05) is 11.8 Å². The van der Waals surface area contributed by atoms with E-state index in [0.717, 1.165) is 0 Å². The SMILES string of the molecule is COCOc1cc(OC)cc(C#CC(O)[C@H](OCOC)[C@H](OCOC)[C@@H](COC(=O)C(C)(C)C)OCOC)c1C(=O)OC. The van der Waals surface area contributed by atoms with Crippen LogP contribution in [0.2, 0.25) is 0 Å². The van der Waals surface area contributed by atoms with E-state index in [0.29, 0.717) is 5.75 Å². The minimum atomic E-state index is -1.57. The van der Waals surface area contributed by atoms with Crippen LogP contribution in [0, 0.1) is 17.3 Å². The number of ether oxygens (including phenoxy) is 11. The third-order valence-electron chi connectivity index (χ3n) is 5.54. The number of aliphatic hydroxyl groups is 1. The summed E-state index contributed by atoms with van der Waals surface area (Å²) in [6.45, 7) is 3.98. The van der Waals surface area contributed by atoms with Crippen molar-refractivity contribution in [1.29, 1.82) is 0 Å². The molecule has 0 saturated heterocycles. The average Bonchev–Trinajstić information content (AvgIpc) is 2.99. The predicted octanol–water partition coefficient (Wildman–Crippen LogP) is 1.73. The Morgan fingerprint density at radius 1 is 0.837 bits per heavy atom. The number of esters is 2. The van der Waals surface area contributed by atoms with Gasteiger partial charge in [-0.15, -0.1) is 0 Å². The zero-order valence-corrected chi connectivity index (χ0v) is 26.3. The van der Waals surface area contributed by atoms with Crippen molar-refractivity contribution in [2.45, 2.75) is 45.2 Å². The quantitative estimate of drug-likeness (QED) is 0.136.